The predicted molar refractivity (Wildman–Crippen MR) is 83.6 cm³/mol. The van der Waals surface area contributed by atoms with Gasteiger partial charge in [0.25, 0.3) is 0 Å². The molecule has 0 radical (unpaired) electrons. The van der Waals surface area contributed by atoms with E-state index in [4.69, 9.17) is 0 Å². The van der Waals surface area contributed by atoms with Crippen molar-refractivity contribution in [1.29, 1.82) is 0 Å². The van der Waals surface area contributed by atoms with Crippen LogP contribution < -0.4 is 0 Å². The summed E-state index contributed by atoms with van der Waals surface area (Å²) in [4.78, 5) is 3.28. The van der Waals surface area contributed by atoms with Gasteiger partial charge in [-0.25, -0.2) is 0 Å². The Labute approximate surface area is 121 Å². The molecule has 2 aromatic rings. The van der Waals surface area contributed by atoms with Gasteiger partial charge in [-0.3, -0.25) is 5.01 Å². The van der Waals surface area contributed by atoms with Gasteiger partial charge in [-0.1, -0.05) is 28.8 Å². The Morgan fingerprint density at radius 3 is 2.74 bits per heavy atom. The Morgan fingerprint density at radius 1 is 1.16 bits per heavy atom. The van der Waals surface area contributed by atoms with Crippen molar-refractivity contribution in [2.24, 2.45) is 5.10 Å². The number of aromatic amines is 1. The third-order valence-electron chi connectivity index (χ3n) is 3.62. The van der Waals surface area contributed by atoms with Gasteiger partial charge in [0.05, 0.1) is 6.21 Å². The first-order valence-electron chi connectivity index (χ1n) is 6.88. The highest BCUT2D eigenvalue weighted by Crippen LogP contribution is 2.21. The van der Waals surface area contributed by atoms with Crippen LogP contribution in [0.1, 0.15) is 31.2 Å². The summed E-state index contributed by atoms with van der Waals surface area (Å²) in [6, 6.07) is 6.27. The van der Waals surface area contributed by atoms with Gasteiger partial charge in [0.2, 0.25) is 0 Å². The van der Waals surface area contributed by atoms with Crippen molar-refractivity contribution in [2.45, 2.75) is 25.7 Å². The number of rotatable bonds is 2. The van der Waals surface area contributed by atoms with E-state index in [0.717, 1.165) is 28.6 Å². The van der Waals surface area contributed by atoms with Gasteiger partial charge in [-0.2, -0.15) is 5.10 Å². The van der Waals surface area contributed by atoms with Crippen LogP contribution in [-0.2, 0) is 0 Å². The number of H-pyrrole nitrogens is 1. The van der Waals surface area contributed by atoms with Gasteiger partial charge in [0, 0.05) is 40.2 Å². The maximum Gasteiger partial charge on any atom is 0.0564 e. The zero-order valence-electron chi connectivity index (χ0n) is 10.9. The monoisotopic (exact) mass is 319 g/mol. The molecular formula is C15H18BrN3. The van der Waals surface area contributed by atoms with E-state index in [0.29, 0.717) is 0 Å². The summed E-state index contributed by atoms with van der Waals surface area (Å²) in [7, 11) is 0. The number of benzene rings is 1. The molecule has 0 bridgehead atoms. The van der Waals surface area contributed by atoms with Gasteiger partial charge in [-0.15, -0.1) is 0 Å². The zero-order chi connectivity index (χ0) is 13.1. The van der Waals surface area contributed by atoms with Gasteiger partial charge in [0.15, 0.2) is 0 Å². The Bertz CT molecular complexity index is 580. The minimum absolute atomic E-state index is 1.09. The average molecular weight is 320 g/mol. The van der Waals surface area contributed by atoms with Crippen LogP contribution in [0.4, 0.5) is 0 Å². The van der Waals surface area contributed by atoms with E-state index in [1.807, 2.05) is 12.4 Å². The van der Waals surface area contributed by atoms with Crippen molar-refractivity contribution in [3.63, 3.8) is 0 Å². The lowest BCUT2D eigenvalue weighted by atomic mass is 10.2. The molecule has 1 aliphatic heterocycles. The number of halogens is 1. The molecule has 0 atom stereocenters. The van der Waals surface area contributed by atoms with Gasteiger partial charge in [0.1, 0.15) is 0 Å². The van der Waals surface area contributed by atoms with Gasteiger partial charge >= 0.3 is 0 Å². The number of hydrogen-bond donors (Lipinski definition) is 1. The molecule has 0 unspecified atom stereocenters. The summed E-state index contributed by atoms with van der Waals surface area (Å²) < 4.78 is 1.10. The third-order valence-corrected chi connectivity index (χ3v) is 4.11. The van der Waals surface area contributed by atoms with E-state index in [-0.39, 0.29) is 0 Å². The molecule has 1 fully saturated rings. The highest BCUT2D eigenvalue weighted by atomic mass is 79.9. The van der Waals surface area contributed by atoms with E-state index in [2.05, 4.69) is 49.2 Å². The van der Waals surface area contributed by atoms with E-state index >= 15 is 0 Å². The number of fused-ring (bicyclic) bond motifs is 1. The fraction of sp³-hybridized carbons (Fsp3) is 0.400. The van der Waals surface area contributed by atoms with Crippen molar-refractivity contribution in [3.05, 3.63) is 34.4 Å². The van der Waals surface area contributed by atoms with Crippen LogP contribution in [0.2, 0.25) is 0 Å². The molecule has 1 aromatic carbocycles. The van der Waals surface area contributed by atoms with Crippen LogP contribution >= 0.6 is 15.9 Å². The largest absolute Gasteiger partial charge is 0.361 e. The Balaban J connectivity index is 1.82. The molecule has 1 aliphatic rings. The second kappa shape index (κ2) is 5.78. The smallest absolute Gasteiger partial charge is 0.0564 e. The van der Waals surface area contributed by atoms with Crippen molar-refractivity contribution in [3.8, 4) is 0 Å². The molecule has 1 saturated heterocycles. The molecule has 2 heterocycles. The van der Waals surface area contributed by atoms with Crippen LogP contribution in [0.3, 0.4) is 0 Å². The lowest BCUT2D eigenvalue weighted by Gasteiger charge is -2.15. The second-order valence-electron chi connectivity index (χ2n) is 5.05. The molecule has 0 spiro atoms. The first-order valence-corrected chi connectivity index (χ1v) is 7.68. The minimum atomic E-state index is 1.09. The average Bonchev–Trinajstić information content (AvgIpc) is 2.63. The van der Waals surface area contributed by atoms with Crippen molar-refractivity contribution in [2.75, 3.05) is 13.1 Å². The van der Waals surface area contributed by atoms with Crippen LogP contribution in [0.15, 0.2) is 34.0 Å². The highest BCUT2D eigenvalue weighted by molar-refractivity contribution is 9.10. The zero-order valence-corrected chi connectivity index (χ0v) is 12.5. The third kappa shape index (κ3) is 3.00. The normalized spacial score (nSPS) is 17.2. The van der Waals surface area contributed by atoms with Crippen LogP contribution in [0, 0.1) is 0 Å². The van der Waals surface area contributed by atoms with Gasteiger partial charge in [-0.05, 0) is 31.0 Å². The molecule has 3 rings (SSSR count). The van der Waals surface area contributed by atoms with Crippen LogP contribution in [0.25, 0.3) is 10.9 Å². The molecule has 100 valence electrons. The SMILES string of the molecule is Brc1ccc2[nH]cc(C=NN3CCCCCC3)c2c1. The van der Waals surface area contributed by atoms with Crippen molar-refractivity contribution in [1.82, 2.24) is 9.99 Å². The summed E-state index contributed by atoms with van der Waals surface area (Å²) in [5.41, 5.74) is 2.31. The molecule has 0 aliphatic carbocycles. The lowest BCUT2D eigenvalue weighted by molar-refractivity contribution is 0.302. The number of hydrazone groups is 1. The molecule has 3 nitrogen and oxygen atoms in total. The highest BCUT2D eigenvalue weighted by Gasteiger charge is 2.06. The first kappa shape index (κ1) is 12.7. The van der Waals surface area contributed by atoms with E-state index < -0.39 is 0 Å². The lowest BCUT2D eigenvalue weighted by Crippen LogP contribution is -2.18. The van der Waals surface area contributed by atoms with Crippen LogP contribution in [0.5, 0.6) is 0 Å². The molecule has 1 aromatic heterocycles. The number of hydrogen-bond acceptors (Lipinski definition) is 2. The fourth-order valence-corrected chi connectivity index (χ4v) is 2.90. The number of nitrogens with one attached hydrogen (secondary N) is 1. The number of aromatic nitrogens is 1. The molecule has 0 amide bonds. The topological polar surface area (TPSA) is 31.4 Å². The summed E-state index contributed by atoms with van der Waals surface area (Å²) in [5.74, 6) is 0. The Kier molecular flexibility index (Phi) is 3.87. The molecule has 4 heteroatoms. The quantitative estimate of drug-likeness (QED) is 0.829. The van der Waals surface area contributed by atoms with Crippen molar-refractivity contribution >= 4 is 33.0 Å². The Hall–Kier alpha value is -1.29. The van der Waals surface area contributed by atoms with Gasteiger partial charge < -0.3 is 4.98 Å². The number of nitrogens with zero attached hydrogens (tertiary/aromatic N) is 2. The van der Waals surface area contributed by atoms with E-state index in [9.17, 15) is 0 Å². The summed E-state index contributed by atoms with van der Waals surface area (Å²) in [5, 5.41) is 8.05. The van der Waals surface area contributed by atoms with E-state index in [1.165, 1.54) is 31.1 Å². The summed E-state index contributed by atoms with van der Waals surface area (Å²) in [6.07, 6.45) is 9.21. The molecule has 19 heavy (non-hydrogen) atoms. The van der Waals surface area contributed by atoms with E-state index in [1.54, 1.807) is 0 Å². The second-order valence-corrected chi connectivity index (χ2v) is 5.96. The maximum absolute atomic E-state index is 4.64. The summed E-state index contributed by atoms with van der Waals surface area (Å²) in [6.45, 7) is 2.17. The predicted octanol–water partition coefficient (Wildman–Crippen LogP) is 4.14. The molecule has 1 N–H and O–H groups in total. The molecule has 0 saturated carbocycles. The molecular weight excluding hydrogens is 302 g/mol. The standard InChI is InChI=1S/C15H18BrN3/c16-13-5-6-15-14(9-13)12(10-17-15)11-18-19-7-3-1-2-4-8-19/h5-6,9-11,17H,1-4,7-8H2. The Morgan fingerprint density at radius 2 is 1.95 bits per heavy atom. The van der Waals surface area contributed by atoms with Crippen molar-refractivity contribution < 1.29 is 0 Å². The van der Waals surface area contributed by atoms with Crippen LogP contribution in [-0.4, -0.2) is 29.3 Å². The summed E-state index contributed by atoms with van der Waals surface area (Å²) >= 11 is 3.52. The fourth-order valence-electron chi connectivity index (χ4n) is 2.53. The minimum Gasteiger partial charge on any atom is -0.361 e. The first-order chi connectivity index (χ1) is 9.33. The maximum atomic E-state index is 4.64.